The molecule has 0 heterocycles. The first-order valence-corrected chi connectivity index (χ1v) is 7.32. The summed E-state index contributed by atoms with van der Waals surface area (Å²) in [6.07, 6.45) is 0.561. The van der Waals surface area contributed by atoms with Crippen molar-refractivity contribution in [2.45, 2.75) is 12.8 Å². The Morgan fingerprint density at radius 2 is 1.91 bits per heavy atom. The number of methoxy groups -OCH3 is 1. The summed E-state index contributed by atoms with van der Waals surface area (Å²) in [5.41, 5.74) is 0.775. The maximum atomic E-state index is 11.8. The average molecular weight is 321 g/mol. The fourth-order valence-electron chi connectivity index (χ4n) is 1.88. The molecule has 0 aliphatic heterocycles. The summed E-state index contributed by atoms with van der Waals surface area (Å²) in [7, 11) is 5.20. The third-order valence-electron chi connectivity index (χ3n) is 2.99. The minimum atomic E-state index is -0.486. The summed E-state index contributed by atoms with van der Waals surface area (Å²) in [6, 6.07) is 6.35. The van der Waals surface area contributed by atoms with Crippen LogP contribution in [0.3, 0.4) is 0 Å². The SMILES string of the molecule is COC(=O)c1cccc(NC(=O)CC(=O)NCCCN(C)C)c1. The molecule has 0 bridgehead atoms. The number of ether oxygens (including phenoxy) is 1. The van der Waals surface area contributed by atoms with Gasteiger partial charge in [-0.15, -0.1) is 0 Å². The molecule has 2 amide bonds. The van der Waals surface area contributed by atoms with Crippen molar-refractivity contribution in [2.24, 2.45) is 0 Å². The molecule has 0 atom stereocenters. The van der Waals surface area contributed by atoms with Gasteiger partial charge in [0.05, 0.1) is 12.7 Å². The van der Waals surface area contributed by atoms with Crippen molar-refractivity contribution in [3.05, 3.63) is 29.8 Å². The number of esters is 1. The number of nitrogens with one attached hydrogen (secondary N) is 2. The van der Waals surface area contributed by atoms with Crippen LogP contribution in [0.2, 0.25) is 0 Å². The molecule has 2 N–H and O–H groups in total. The molecule has 0 saturated carbocycles. The smallest absolute Gasteiger partial charge is 0.337 e. The quantitative estimate of drug-likeness (QED) is 0.421. The molecule has 0 aliphatic rings. The van der Waals surface area contributed by atoms with Gasteiger partial charge < -0.3 is 20.3 Å². The first-order valence-electron chi connectivity index (χ1n) is 7.32. The third kappa shape index (κ3) is 7.42. The molecular weight excluding hydrogens is 298 g/mol. The van der Waals surface area contributed by atoms with Crippen molar-refractivity contribution in [1.82, 2.24) is 10.2 Å². The van der Waals surface area contributed by atoms with E-state index in [1.54, 1.807) is 18.2 Å². The Kier molecular flexibility index (Phi) is 7.76. The molecule has 0 unspecified atom stereocenters. The van der Waals surface area contributed by atoms with Crippen molar-refractivity contribution in [3.8, 4) is 0 Å². The molecule has 23 heavy (non-hydrogen) atoms. The summed E-state index contributed by atoms with van der Waals surface area (Å²) in [4.78, 5) is 36.9. The molecule has 1 aromatic carbocycles. The van der Waals surface area contributed by atoms with Gasteiger partial charge >= 0.3 is 5.97 Å². The standard InChI is InChI=1S/C16H23N3O4/c1-19(2)9-5-8-17-14(20)11-15(21)18-13-7-4-6-12(10-13)16(22)23-3/h4,6-7,10H,5,8-9,11H2,1-3H3,(H,17,20)(H,18,21). The first-order chi connectivity index (χ1) is 10.9. The number of carbonyl (C=O) groups is 3. The number of hydrogen-bond donors (Lipinski definition) is 2. The lowest BCUT2D eigenvalue weighted by Gasteiger charge is -2.10. The van der Waals surface area contributed by atoms with Crippen molar-refractivity contribution >= 4 is 23.5 Å². The highest BCUT2D eigenvalue weighted by atomic mass is 16.5. The zero-order valence-corrected chi connectivity index (χ0v) is 13.7. The Balaban J connectivity index is 2.41. The topological polar surface area (TPSA) is 87.7 Å². The molecule has 1 rings (SSSR count). The van der Waals surface area contributed by atoms with Crippen LogP contribution < -0.4 is 10.6 Å². The van der Waals surface area contributed by atoms with E-state index in [2.05, 4.69) is 15.4 Å². The summed E-state index contributed by atoms with van der Waals surface area (Å²) in [5, 5.41) is 5.28. The van der Waals surface area contributed by atoms with Crippen LogP contribution in [0, 0.1) is 0 Å². The Labute approximate surface area is 136 Å². The van der Waals surface area contributed by atoms with Gasteiger partial charge in [-0.3, -0.25) is 9.59 Å². The number of rotatable bonds is 8. The van der Waals surface area contributed by atoms with Crippen LogP contribution in [0.25, 0.3) is 0 Å². The van der Waals surface area contributed by atoms with E-state index < -0.39 is 11.9 Å². The van der Waals surface area contributed by atoms with Crippen LogP contribution in [0.1, 0.15) is 23.2 Å². The highest BCUT2D eigenvalue weighted by Gasteiger charge is 2.11. The molecule has 0 aromatic heterocycles. The predicted molar refractivity (Wildman–Crippen MR) is 87.2 cm³/mol. The van der Waals surface area contributed by atoms with Crippen molar-refractivity contribution in [3.63, 3.8) is 0 Å². The second kappa shape index (κ2) is 9.58. The molecule has 0 spiro atoms. The van der Waals surface area contributed by atoms with E-state index in [1.807, 2.05) is 19.0 Å². The van der Waals surface area contributed by atoms with E-state index in [0.29, 0.717) is 17.8 Å². The monoisotopic (exact) mass is 321 g/mol. The minimum absolute atomic E-state index is 0.260. The van der Waals surface area contributed by atoms with Crippen LogP contribution in [0.15, 0.2) is 24.3 Å². The average Bonchev–Trinajstić information content (AvgIpc) is 2.50. The van der Waals surface area contributed by atoms with Crippen LogP contribution in [0.5, 0.6) is 0 Å². The lowest BCUT2D eigenvalue weighted by molar-refractivity contribution is -0.126. The highest BCUT2D eigenvalue weighted by Crippen LogP contribution is 2.11. The fourth-order valence-corrected chi connectivity index (χ4v) is 1.88. The van der Waals surface area contributed by atoms with Crippen molar-refractivity contribution in [1.29, 1.82) is 0 Å². The largest absolute Gasteiger partial charge is 0.465 e. The van der Waals surface area contributed by atoms with Crippen LogP contribution >= 0.6 is 0 Å². The highest BCUT2D eigenvalue weighted by molar-refractivity contribution is 6.04. The number of anilines is 1. The maximum Gasteiger partial charge on any atom is 0.337 e. The van der Waals surface area contributed by atoms with Gasteiger partial charge in [-0.1, -0.05) is 6.07 Å². The lowest BCUT2D eigenvalue weighted by atomic mass is 10.2. The van der Waals surface area contributed by atoms with E-state index in [-0.39, 0.29) is 12.3 Å². The molecule has 126 valence electrons. The van der Waals surface area contributed by atoms with Gasteiger partial charge in [-0.05, 0) is 45.3 Å². The predicted octanol–water partition coefficient (Wildman–Crippen LogP) is 0.870. The number of carbonyl (C=O) groups excluding carboxylic acids is 3. The summed E-state index contributed by atoms with van der Waals surface area (Å²) >= 11 is 0. The molecule has 0 radical (unpaired) electrons. The molecular formula is C16H23N3O4. The Morgan fingerprint density at radius 1 is 1.17 bits per heavy atom. The van der Waals surface area contributed by atoms with E-state index in [4.69, 9.17) is 0 Å². The van der Waals surface area contributed by atoms with Gasteiger partial charge in [-0.2, -0.15) is 0 Å². The Morgan fingerprint density at radius 3 is 2.57 bits per heavy atom. The second-order valence-corrected chi connectivity index (χ2v) is 5.30. The number of nitrogens with zero attached hydrogens (tertiary/aromatic N) is 1. The zero-order valence-electron chi connectivity index (χ0n) is 13.7. The fraction of sp³-hybridized carbons (Fsp3) is 0.438. The van der Waals surface area contributed by atoms with Crippen LogP contribution in [-0.4, -0.2) is 57.0 Å². The van der Waals surface area contributed by atoms with Gasteiger partial charge in [0.2, 0.25) is 11.8 Å². The molecule has 0 fully saturated rings. The van der Waals surface area contributed by atoms with E-state index in [1.165, 1.54) is 13.2 Å². The van der Waals surface area contributed by atoms with Gasteiger partial charge in [0.1, 0.15) is 6.42 Å². The van der Waals surface area contributed by atoms with E-state index in [9.17, 15) is 14.4 Å². The molecule has 0 aliphatic carbocycles. The molecule has 1 aromatic rings. The van der Waals surface area contributed by atoms with Crippen molar-refractivity contribution in [2.75, 3.05) is 39.6 Å². The molecule has 7 heteroatoms. The van der Waals surface area contributed by atoms with Gasteiger partial charge in [0.15, 0.2) is 0 Å². The van der Waals surface area contributed by atoms with Gasteiger partial charge in [-0.25, -0.2) is 4.79 Å². The first kappa shape index (κ1) is 18.6. The maximum absolute atomic E-state index is 11.8. The van der Waals surface area contributed by atoms with Gasteiger partial charge in [0.25, 0.3) is 0 Å². The summed E-state index contributed by atoms with van der Waals surface area (Å²) < 4.78 is 4.61. The summed E-state index contributed by atoms with van der Waals surface area (Å²) in [5.74, 6) is -1.25. The Bertz CT molecular complexity index is 558. The van der Waals surface area contributed by atoms with E-state index in [0.717, 1.165) is 13.0 Å². The Hall–Kier alpha value is -2.41. The van der Waals surface area contributed by atoms with Gasteiger partial charge in [0, 0.05) is 12.2 Å². The van der Waals surface area contributed by atoms with E-state index >= 15 is 0 Å². The van der Waals surface area contributed by atoms with Crippen LogP contribution in [0.4, 0.5) is 5.69 Å². The number of amides is 2. The lowest BCUT2D eigenvalue weighted by Crippen LogP contribution is -2.30. The van der Waals surface area contributed by atoms with Crippen molar-refractivity contribution < 1.29 is 19.1 Å². The normalized spacial score (nSPS) is 10.3. The van der Waals surface area contributed by atoms with Crippen LogP contribution in [-0.2, 0) is 14.3 Å². The summed E-state index contributed by atoms with van der Waals surface area (Å²) in [6.45, 7) is 1.40. The molecule has 7 nitrogen and oxygen atoms in total. The number of hydrogen-bond acceptors (Lipinski definition) is 5. The zero-order chi connectivity index (χ0) is 17.2. The second-order valence-electron chi connectivity index (χ2n) is 5.30. The molecule has 0 saturated heterocycles. The number of benzene rings is 1. The third-order valence-corrected chi connectivity index (χ3v) is 2.99. The minimum Gasteiger partial charge on any atom is -0.465 e.